The average molecular weight is 196 g/mol. The SMILES string of the molecule is C=Cc1nc(C)[nH]c1C=C.CC.CC.[HH]. The van der Waals surface area contributed by atoms with Crippen LogP contribution in [0.1, 0.15) is 46.3 Å². The summed E-state index contributed by atoms with van der Waals surface area (Å²) in [5.41, 5.74) is 1.81. The smallest absolute Gasteiger partial charge is 0.104 e. The van der Waals surface area contributed by atoms with E-state index in [1.165, 1.54) is 0 Å². The summed E-state index contributed by atoms with van der Waals surface area (Å²) in [4.78, 5) is 7.20. The van der Waals surface area contributed by atoms with E-state index < -0.39 is 0 Å². The van der Waals surface area contributed by atoms with Gasteiger partial charge in [0, 0.05) is 1.43 Å². The van der Waals surface area contributed by atoms with E-state index in [-0.39, 0.29) is 1.43 Å². The molecule has 0 aliphatic heterocycles. The van der Waals surface area contributed by atoms with Crippen molar-refractivity contribution in [2.24, 2.45) is 0 Å². The van der Waals surface area contributed by atoms with Gasteiger partial charge in [0.1, 0.15) is 5.82 Å². The number of hydrogen-bond acceptors (Lipinski definition) is 1. The van der Waals surface area contributed by atoms with Crippen molar-refractivity contribution < 1.29 is 1.43 Å². The quantitative estimate of drug-likeness (QED) is 0.750. The maximum absolute atomic E-state index is 4.16. The molecule has 82 valence electrons. The molecule has 0 atom stereocenters. The lowest BCUT2D eigenvalue weighted by molar-refractivity contribution is 1.14. The van der Waals surface area contributed by atoms with E-state index in [0.29, 0.717) is 0 Å². The molecule has 14 heavy (non-hydrogen) atoms. The van der Waals surface area contributed by atoms with Gasteiger partial charge in [0.05, 0.1) is 11.4 Å². The first-order chi connectivity index (χ1) is 6.77. The third-order valence-electron chi connectivity index (χ3n) is 1.28. The van der Waals surface area contributed by atoms with E-state index in [9.17, 15) is 0 Å². The summed E-state index contributed by atoms with van der Waals surface area (Å²) >= 11 is 0. The topological polar surface area (TPSA) is 28.7 Å². The van der Waals surface area contributed by atoms with Gasteiger partial charge in [-0.2, -0.15) is 0 Å². The van der Waals surface area contributed by atoms with Gasteiger partial charge in [-0.15, -0.1) is 0 Å². The van der Waals surface area contributed by atoms with Gasteiger partial charge in [0.25, 0.3) is 0 Å². The van der Waals surface area contributed by atoms with E-state index >= 15 is 0 Å². The van der Waals surface area contributed by atoms with Gasteiger partial charge in [-0.05, 0) is 19.1 Å². The Labute approximate surface area is 89.3 Å². The van der Waals surface area contributed by atoms with Gasteiger partial charge < -0.3 is 4.98 Å². The van der Waals surface area contributed by atoms with Crippen molar-refractivity contribution in [1.29, 1.82) is 0 Å². The van der Waals surface area contributed by atoms with E-state index in [1.807, 2.05) is 34.6 Å². The van der Waals surface area contributed by atoms with Gasteiger partial charge in [0.2, 0.25) is 0 Å². The van der Waals surface area contributed by atoms with Crippen LogP contribution in [-0.2, 0) is 0 Å². The summed E-state index contributed by atoms with van der Waals surface area (Å²) in [6, 6.07) is 0. The lowest BCUT2D eigenvalue weighted by atomic mass is 10.3. The molecule has 0 aromatic carbocycles. The first-order valence-electron chi connectivity index (χ1n) is 5.09. The van der Waals surface area contributed by atoms with E-state index in [4.69, 9.17) is 0 Å². The van der Waals surface area contributed by atoms with Crippen LogP contribution in [0.15, 0.2) is 13.2 Å². The lowest BCUT2D eigenvalue weighted by Crippen LogP contribution is -1.73. The Morgan fingerprint density at radius 1 is 1.14 bits per heavy atom. The summed E-state index contributed by atoms with van der Waals surface area (Å²) in [5.74, 6) is 0.893. The molecule has 1 aromatic rings. The Morgan fingerprint density at radius 3 is 1.93 bits per heavy atom. The third kappa shape index (κ3) is 4.65. The van der Waals surface area contributed by atoms with Crippen molar-refractivity contribution >= 4 is 12.2 Å². The van der Waals surface area contributed by atoms with Crippen LogP contribution in [0.25, 0.3) is 12.2 Å². The minimum atomic E-state index is 0. The second-order valence-electron chi connectivity index (χ2n) is 2.03. The van der Waals surface area contributed by atoms with Crippen molar-refractivity contribution in [3.63, 3.8) is 0 Å². The number of imidazole rings is 1. The van der Waals surface area contributed by atoms with Crippen LogP contribution in [-0.4, -0.2) is 9.97 Å². The molecule has 2 nitrogen and oxygen atoms in total. The van der Waals surface area contributed by atoms with Crippen molar-refractivity contribution in [3.05, 3.63) is 30.4 Å². The van der Waals surface area contributed by atoms with Crippen molar-refractivity contribution in [3.8, 4) is 0 Å². The Kier molecular flexibility index (Phi) is 10.6. The molecule has 2 heteroatoms. The number of rotatable bonds is 2. The fraction of sp³-hybridized carbons (Fsp3) is 0.417. The fourth-order valence-electron chi connectivity index (χ4n) is 0.839. The van der Waals surface area contributed by atoms with Crippen LogP contribution >= 0.6 is 0 Å². The van der Waals surface area contributed by atoms with E-state index in [2.05, 4.69) is 23.1 Å². The standard InChI is InChI=1S/C8H10N2.2C2H6.H2/c1-4-7-8(5-2)10-6(3)9-7;2*1-2;/h4-5H,1-2H2,3H3,(H,9,10);2*1-2H3;1H. The highest BCUT2D eigenvalue weighted by atomic mass is 14.9. The Bertz CT molecular complexity index is 239. The number of hydrogen-bond donors (Lipinski definition) is 1. The number of aryl methyl sites for hydroxylation is 1. The third-order valence-corrected chi connectivity index (χ3v) is 1.28. The maximum atomic E-state index is 4.16. The van der Waals surface area contributed by atoms with Crippen molar-refractivity contribution in [1.82, 2.24) is 9.97 Å². The maximum Gasteiger partial charge on any atom is 0.104 e. The minimum absolute atomic E-state index is 0. The zero-order valence-electron chi connectivity index (χ0n) is 10.0. The molecule has 0 bridgehead atoms. The summed E-state index contributed by atoms with van der Waals surface area (Å²) in [6.45, 7) is 17.2. The predicted octanol–water partition coefficient (Wildman–Crippen LogP) is 4.30. The van der Waals surface area contributed by atoms with Crippen LogP contribution in [0.3, 0.4) is 0 Å². The Hall–Kier alpha value is -1.31. The molecule has 0 fully saturated rings. The van der Waals surface area contributed by atoms with Crippen LogP contribution in [0.5, 0.6) is 0 Å². The molecule has 1 N–H and O–H groups in total. The molecule has 0 unspecified atom stereocenters. The Morgan fingerprint density at radius 2 is 1.64 bits per heavy atom. The lowest BCUT2D eigenvalue weighted by Gasteiger charge is -1.84. The highest BCUT2D eigenvalue weighted by Crippen LogP contribution is 2.07. The number of H-pyrrole nitrogens is 1. The van der Waals surface area contributed by atoms with E-state index in [1.54, 1.807) is 12.2 Å². The molecule has 0 saturated carbocycles. The monoisotopic (exact) mass is 196 g/mol. The molecule has 0 aliphatic carbocycles. The van der Waals surface area contributed by atoms with Gasteiger partial charge in [-0.1, -0.05) is 40.9 Å². The molecule has 0 aliphatic rings. The van der Waals surface area contributed by atoms with Gasteiger partial charge in [-0.25, -0.2) is 4.98 Å². The minimum Gasteiger partial charge on any atom is -0.342 e. The first kappa shape index (κ1) is 15.2. The molecular formula is C12H24N2. The highest BCUT2D eigenvalue weighted by Gasteiger charge is 1.98. The normalized spacial score (nSPS) is 7.50. The number of aromatic nitrogens is 2. The number of aromatic amines is 1. The summed E-state index contributed by atoms with van der Waals surface area (Å²) in [5, 5.41) is 0. The van der Waals surface area contributed by atoms with E-state index in [0.717, 1.165) is 17.2 Å². The molecule has 1 heterocycles. The van der Waals surface area contributed by atoms with Crippen molar-refractivity contribution in [2.45, 2.75) is 34.6 Å². The van der Waals surface area contributed by atoms with Crippen LogP contribution in [0.4, 0.5) is 0 Å². The van der Waals surface area contributed by atoms with Crippen LogP contribution in [0, 0.1) is 6.92 Å². The zero-order chi connectivity index (χ0) is 11.6. The number of nitrogens with one attached hydrogen (secondary N) is 1. The molecule has 1 aromatic heterocycles. The Balaban J connectivity index is -0.000000258. The zero-order valence-corrected chi connectivity index (χ0v) is 10.0. The van der Waals surface area contributed by atoms with Crippen LogP contribution in [0.2, 0.25) is 0 Å². The predicted molar refractivity (Wildman–Crippen MR) is 68.3 cm³/mol. The molecular weight excluding hydrogens is 172 g/mol. The molecule has 0 amide bonds. The highest BCUT2D eigenvalue weighted by molar-refractivity contribution is 5.57. The van der Waals surface area contributed by atoms with Gasteiger partial charge in [0.15, 0.2) is 0 Å². The molecule has 0 spiro atoms. The second kappa shape index (κ2) is 9.78. The molecule has 0 saturated heterocycles. The fourth-order valence-corrected chi connectivity index (χ4v) is 0.839. The van der Waals surface area contributed by atoms with Gasteiger partial charge in [-0.3, -0.25) is 0 Å². The van der Waals surface area contributed by atoms with Crippen LogP contribution < -0.4 is 0 Å². The molecule has 0 radical (unpaired) electrons. The summed E-state index contributed by atoms with van der Waals surface area (Å²) in [7, 11) is 0. The average Bonchev–Trinajstić information content (AvgIpc) is 2.64. The van der Waals surface area contributed by atoms with Crippen molar-refractivity contribution in [2.75, 3.05) is 0 Å². The molecule has 1 rings (SSSR count). The summed E-state index contributed by atoms with van der Waals surface area (Å²) < 4.78 is 0. The second-order valence-corrected chi connectivity index (χ2v) is 2.03. The summed E-state index contributed by atoms with van der Waals surface area (Å²) in [6.07, 6.45) is 3.44. The number of nitrogens with zero attached hydrogens (tertiary/aromatic N) is 1. The van der Waals surface area contributed by atoms with Gasteiger partial charge >= 0.3 is 0 Å². The largest absolute Gasteiger partial charge is 0.342 e. The first-order valence-corrected chi connectivity index (χ1v) is 5.09.